The second-order valence-electron chi connectivity index (χ2n) is 5.30. The zero-order valence-electron chi connectivity index (χ0n) is 11.4. The van der Waals surface area contributed by atoms with Crippen molar-refractivity contribution in [1.29, 1.82) is 0 Å². The van der Waals surface area contributed by atoms with Gasteiger partial charge in [0.1, 0.15) is 16.9 Å². The molecule has 1 heterocycles. The molecule has 0 radical (unpaired) electrons. The Hall–Kier alpha value is -1.81. The second kappa shape index (κ2) is 5.90. The maximum absolute atomic E-state index is 11.7. The second-order valence-corrected chi connectivity index (χ2v) is 5.64. The van der Waals surface area contributed by atoms with Gasteiger partial charge in [-0.3, -0.25) is 4.79 Å². The first kappa shape index (κ1) is 14.1. The molecule has 2 aromatic rings. The van der Waals surface area contributed by atoms with Crippen molar-refractivity contribution in [2.75, 3.05) is 0 Å². The molecular weight excluding hydrogens is 292 g/mol. The minimum atomic E-state index is -0.812. The minimum Gasteiger partial charge on any atom is -0.490 e. The molecule has 0 bridgehead atoms. The van der Waals surface area contributed by atoms with Crippen LogP contribution in [-0.2, 0) is 0 Å². The summed E-state index contributed by atoms with van der Waals surface area (Å²) in [6.07, 6.45) is 5.99. The van der Waals surface area contributed by atoms with E-state index in [4.69, 9.17) is 20.8 Å². The van der Waals surface area contributed by atoms with Crippen LogP contribution in [0.4, 0.5) is 0 Å². The molecule has 0 atom stereocenters. The Morgan fingerprint density at radius 3 is 2.67 bits per heavy atom. The maximum Gasteiger partial charge on any atom is 0.348 e. The van der Waals surface area contributed by atoms with Crippen molar-refractivity contribution in [1.82, 2.24) is 0 Å². The van der Waals surface area contributed by atoms with E-state index in [-0.39, 0.29) is 11.7 Å². The van der Waals surface area contributed by atoms with E-state index in [2.05, 4.69) is 0 Å². The summed E-state index contributed by atoms with van der Waals surface area (Å²) in [5.41, 5.74) is -0.475. The molecule has 1 aromatic carbocycles. The van der Waals surface area contributed by atoms with Gasteiger partial charge in [0.15, 0.2) is 0 Å². The highest BCUT2D eigenvalue weighted by Crippen LogP contribution is 2.26. The molecule has 4 nitrogen and oxygen atoms in total. The molecule has 1 aliphatic rings. The molecule has 0 N–H and O–H groups in total. The lowest BCUT2D eigenvalue weighted by Crippen LogP contribution is -2.19. The van der Waals surface area contributed by atoms with Crippen LogP contribution < -0.4 is 10.4 Å². The van der Waals surface area contributed by atoms with Crippen molar-refractivity contribution >= 4 is 27.8 Å². The van der Waals surface area contributed by atoms with Crippen molar-refractivity contribution in [2.45, 2.75) is 38.2 Å². The zero-order valence-corrected chi connectivity index (χ0v) is 12.2. The van der Waals surface area contributed by atoms with Crippen LogP contribution in [0, 0.1) is 0 Å². The lowest BCUT2D eigenvalue weighted by atomic mass is 9.98. The van der Waals surface area contributed by atoms with Crippen LogP contribution in [-0.4, -0.2) is 11.3 Å². The summed E-state index contributed by atoms with van der Waals surface area (Å²) in [5.74, 6) is 0.683. The Balaban J connectivity index is 1.91. The molecule has 1 saturated carbocycles. The van der Waals surface area contributed by atoms with E-state index in [1.165, 1.54) is 25.3 Å². The van der Waals surface area contributed by atoms with Crippen molar-refractivity contribution < 1.29 is 13.9 Å². The number of hydrogen-bond donors (Lipinski definition) is 0. The van der Waals surface area contributed by atoms with Gasteiger partial charge in [-0.15, -0.1) is 0 Å². The van der Waals surface area contributed by atoms with E-state index in [9.17, 15) is 9.59 Å². The third-order valence-electron chi connectivity index (χ3n) is 3.77. The molecule has 1 fully saturated rings. The number of carbonyl (C=O) groups excluding carboxylic acids is 1. The average molecular weight is 307 g/mol. The number of benzene rings is 1. The van der Waals surface area contributed by atoms with Crippen LogP contribution in [0.3, 0.4) is 0 Å². The van der Waals surface area contributed by atoms with E-state index < -0.39 is 10.9 Å². The van der Waals surface area contributed by atoms with Gasteiger partial charge in [-0.1, -0.05) is 6.42 Å². The molecule has 0 spiro atoms. The number of hydrogen-bond acceptors (Lipinski definition) is 4. The minimum absolute atomic E-state index is 0.148. The van der Waals surface area contributed by atoms with Crippen molar-refractivity contribution in [2.24, 2.45) is 0 Å². The lowest BCUT2D eigenvalue weighted by molar-refractivity contribution is 0.107. The van der Waals surface area contributed by atoms with Crippen LogP contribution in [0.1, 0.15) is 42.5 Å². The van der Waals surface area contributed by atoms with E-state index in [1.54, 1.807) is 12.1 Å². The zero-order chi connectivity index (χ0) is 14.8. The summed E-state index contributed by atoms with van der Waals surface area (Å²) in [5, 5.41) is -0.164. The average Bonchev–Trinajstić information content (AvgIpc) is 2.47. The third-order valence-corrected chi connectivity index (χ3v) is 3.98. The first-order valence-electron chi connectivity index (χ1n) is 7.08. The molecule has 21 heavy (non-hydrogen) atoms. The summed E-state index contributed by atoms with van der Waals surface area (Å²) < 4.78 is 11.1. The standard InChI is InChI=1S/C16H15ClO4/c17-15(18)13-8-10-6-7-12(9-14(10)21-16(13)19)20-11-4-2-1-3-5-11/h6-9,11H,1-5H2. The maximum atomic E-state index is 11.7. The van der Waals surface area contributed by atoms with Crippen molar-refractivity contribution in [3.05, 3.63) is 40.2 Å². The van der Waals surface area contributed by atoms with E-state index in [0.717, 1.165) is 12.8 Å². The lowest BCUT2D eigenvalue weighted by Gasteiger charge is -2.22. The van der Waals surface area contributed by atoms with Gasteiger partial charge in [0.05, 0.1) is 6.10 Å². The van der Waals surface area contributed by atoms with Gasteiger partial charge in [-0.05, 0) is 55.5 Å². The monoisotopic (exact) mass is 306 g/mol. The molecule has 0 amide bonds. The Kier molecular flexibility index (Phi) is 3.97. The summed E-state index contributed by atoms with van der Waals surface area (Å²) in [7, 11) is 0. The molecule has 0 unspecified atom stereocenters. The fourth-order valence-electron chi connectivity index (χ4n) is 2.68. The van der Waals surface area contributed by atoms with Crippen LogP contribution >= 0.6 is 11.6 Å². The number of halogens is 1. The largest absolute Gasteiger partial charge is 0.490 e. The molecule has 3 rings (SSSR count). The van der Waals surface area contributed by atoms with Crippen molar-refractivity contribution in [3.8, 4) is 5.75 Å². The van der Waals surface area contributed by atoms with Crippen molar-refractivity contribution in [3.63, 3.8) is 0 Å². The topological polar surface area (TPSA) is 56.5 Å². The fourth-order valence-corrected chi connectivity index (χ4v) is 2.81. The van der Waals surface area contributed by atoms with E-state index >= 15 is 0 Å². The highest BCUT2D eigenvalue weighted by molar-refractivity contribution is 6.67. The van der Waals surface area contributed by atoms with Gasteiger partial charge >= 0.3 is 5.63 Å². The van der Waals surface area contributed by atoms with E-state index in [1.807, 2.05) is 6.07 Å². The van der Waals surface area contributed by atoms with Gasteiger partial charge in [0.2, 0.25) is 0 Å². The molecular formula is C16H15ClO4. The Bertz CT molecular complexity index is 729. The summed E-state index contributed by atoms with van der Waals surface area (Å²) in [4.78, 5) is 22.8. The molecule has 1 aromatic heterocycles. The smallest absolute Gasteiger partial charge is 0.348 e. The molecule has 1 aliphatic carbocycles. The highest BCUT2D eigenvalue weighted by atomic mass is 35.5. The van der Waals surface area contributed by atoms with Gasteiger partial charge in [-0.25, -0.2) is 4.79 Å². The van der Waals surface area contributed by atoms with E-state index in [0.29, 0.717) is 16.7 Å². The first-order chi connectivity index (χ1) is 10.1. The first-order valence-corrected chi connectivity index (χ1v) is 7.46. The predicted octanol–water partition coefficient (Wildman–Crippen LogP) is 3.88. The molecule has 0 aliphatic heterocycles. The number of rotatable bonds is 3. The summed E-state index contributed by atoms with van der Waals surface area (Å²) >= 11 is 5.35. The quantitative estimate of drug-likeness (QED) is 0.638. The van der Waals surface area contributed by atoms with Gasteiger partial charge < -0.3 is 9.15 Å². The third kappa shape index (κ3) is 3.10. The normalized spacial score (nSPS) is 16.0. The van der Waals surface area contributed by atoms with Gasteiger partial charge in [0.25, 0.3) is 5.24 Å². The molecule has 110 valence electrons. The van der Waals surface area contributed by atoms with Gasteiger partial charge in [-0.2, -0.15) is 0 Å². The number of carbonyl (C=O) groups is 1. The van der Waals surface area contributed by atoms with Crippen LogP contribution in [0.5, 0.6) is 5.75 Å². The SMILES string of the molecule is O=C(Cl)c1cc2ccc(OC3CCCCC3)cc2oc1=O. The Labute approximate surface area is 126 Å². The number of ether oxygens (including phenoxy) is 1. The summed E-state index contributed by atoms with van der Waals surface area (Å²) in [6.45, 7) is 0. The van der Waals surface area contributed by atoms with Crippen LogP contribution in [0.2, 0.25) is 0 Å². The Morgan fingerprint density at radius 1 is 1.19 bits per heavy atom. The molecule has 5 heteroatoms. The van der Waals surface area contributed by atoms with Crippen LogP contribution in [0.15, 0.2) is 33.5 Å². The van der Waals surface area contributed by atoms with Crippen LogP contribution in [0.25, 0.3) is 11.0 Å². The number of fused-ring (bicyclic) bond motifs is 1. The fraction of sp³-hybridized carbons (Fsp3) is 0.375. The summed E-state index contributed by atoms with van der Waals surface area (Å²) in [6, 6.07) is 6.72. The predicted molar refractivity (Wildman–Crippen MR) is 80.2 cm³/mol. The molecule has 0 saturated heterocycles. The Morgan fingerprint density at radius 2 is 1.95 bits per heavy atom. The highest BCUT2D eigenvalue weighted by Gasteiger charge is 2.16. The van der Waals surface area contributed by atoms with Gasteiger partial charge in [0, 0.05) is 11.5 Å².